The normalized spacial score (nSPS) is 14.5. The number of aromatic nitrogens is 1. The lowest BCUT2D eigenvalue weighted by atomic mass is 9.88. The van der Waals surface area contributed by atoms with Crippen LogP contribution < -0.4 is 14.8 Å². The second kappa shape index (κ2) is 8.63. The number of ketones is 1. The van der Waals surface area contributed by atoms with Gasteiger partial charge in [0, 0.05) is 28.7 Å². The number of Topliss-reactive ketones (excluding diaryl/α,β-unsaturated/α-hetero) is 1. The second-order valence-electron chi connectivity index (χ2n) is 7.32. The van der Waals surface area contributed by atoms with E-state index in [-0.39, 0.29) is 24.1 Å². The van der Waals surface area contributed by atoms with Crippen LogP contribution in [0.15, 0.2) is 42.0 Å². The number of amides is 1. The van der Waals surface area contributed by atoms with Crippen molar-refractivity contribution in [3.8, 4) is 11.5 Å². The lowest BCUT2D eigenvalue weighted by Crippen LogP contribution is -2.28. The molecule has 0 fully saturated rings. The lowest BCUT2D eigenvalue weighted by Gasteiger charge is -2.15. The van der Waals surface area contributed by atoms with E-state index in [1.54, 1.807) is 24.3 Å². The van der Waals surface area contributed by atoms with Gasteiger partial charge in [0.2, 0.25) is 0 Å². The molecule has 0 atom stereocenters. The van der Waals surface area contributed by atoms with E-state index >= 15 is 0 Å². The van der Waals surface area contributed by atoms with E-state index in [0.29, 0.717) is 47.4 Å². The maximum atomic E-state index is 13.7. The van der Waals surface area contributed by atoms with Crippen LogP contribution in [0.5, 0.6) is 11.5 Å². The third-order valence-electron chi connectivity index (χ3n) is 5.26. The fourth-order valence-electron chi connectivity index (χ4n) is 3.82. The summed E-state index contributed by atoms with van der Waals surface area (Å²) in [5.74, 6) is 0.228. The first kappa shape index (κ1) is 20.7. The Balaban J connectivity index is 1.60. The topological polar surface area (TPSA) is 80.4 Å². The van der Waals surface area contributed by atoms with Crippen LogP contribution in [-0.2, 0) is 11.2 Å². The molecule has 1 heterocycles. The molecule has 1 aromatic heterocycles. The zero-order valence-electron chi connectivity index (χ0n) is 17.4. The minimum absolute atomic E-state index is 0.103. The van der Waals surface area contributed by atoms with Crippen LogP contribution in [0.3, 0.4) is 0 Å². The molecule has 160 valence electrons. The highest BCUT2D eigenvalue weighted by molar-refractivity contribution is 6.19. The molecule has 4 rings (SSSR count). The molecule has 1 amide bonds. The van der Waals surface area contributed by atoms with Gasteiger partial charge in [-0.15, -0.1) is 0 Å². The van der Waals surface area contributed by atoms with Gasteiger partial charge in [-0.1, -0.05) is 6.07 Å². The Kier molecular flexibility index (Phi) is 5.75. The van der Waals surface area contributed by atoms with Crippen LogP contribution in [0.4, 0.5) is 4.39 Å². The molecule has 0 spiro atoms. The van der Waals surface area contributed by atoms with E-state index in [0.717, 1.165) is 16.8 Å². The summed E-state index contributed by atoms with van der Waals surface area (Å²) >= 11 is 0. The Morgan fingerprint density at radius 3 is 2.81 bits per heavy atom. The summed E-state index contributed by atoms with van der Waals surface area (Å²) < 4.78 is 24.7. The standard InChI is InChI=1S/C24H23FN2O4/c1-3-26-22(28)13-31-20-9-4-14(11-21(20)30-2)10-15-5-7-19-23(24(15)29)17-12-16(25)6-8-18(17)27-19/h4,6,8-12,27H,3,5,7,13H2,1-2H3,(H,26,28). The lowest BCUT2D eigenvalue weighted by molar-refractivity contribution is -0.123. The third kappa shape index (κ3) is 4.17. The number of nitrogens with one attached hydrogen (secondary N) is 2. The van der Waals surface area contributed by atoms with Gasteiger partial charge >= 0.3 is 0 Å². The quantitative estimate of drug-likeness (QED) is 0.588. The minimum atomic E-state index is -0.369. The second-order valence-corrected chi connectivity index (χ2v) is 7.32. The molecular formula is C24H23FN2O4. The number of rotatable bonds is 6. The summed E-state index contributed by atoms with van der Waals surface area (Å²) in [6.07, 6.45) is 3.08. The molecule has 0 saturated carbocycles. The van der Waals surface area contributed by atoms with Crippen molar-refractivity contribution in [1.82, 2.24) is 10.3 Å². The molecular weight excluding hydrogens is 399 g/mol. The van der Waals surface area contributed by atoms with Gasteiger partial charge in [0.15, 0.2) is 23.9 Å². The number of benzene rings is 2. The van der Waals surface area contributed by atoms with E-state index in [4.69, 9.17) is 9.47 Å². The van der Waals surface area contributed by atoms with Crippen LogP contribution in [0.1, 0.15) is 35.0 Å². The van der Waals surface area contributed by atoms with E-state index in [9.17, 15) is 14.0 Å². The fourth-order valence-corrected chi connectivity index (χ4v) is 3.82. The van der Waals surface area contributed by atoms with Crippen molar-refractivity contribution in [2.45, 2.75) is 19.8 Å². The molecule has 7 heteroatoms. The number of carbonyl (C=O) groups is 2. The van der Waals surface area contributed by atoms with Crippen LogP contribution in [0, 0.1) is 5.82 Å². The first-order chi connectivity index (χ1) is 15.0. The molecule has 2 N–H and O–H groups in total. The Morgan fingerprint density at radius 1 is 1.19 bits per heavy atom. The summed E-state index contributed by atoms with van der Waals surface area (Å²) in [7, 11) is 1.52. The molecule has 0 bridgehead atoms. The number of fused-ring (bicyclic) bond motifs is 3. The molecule has 0 aliphatic heterocycles. The van der Waals surface area contributed by atoms with Crippen LogP contribution in [-0.4, -0.2) is 36.9 Å². The van der Waals surface area contributed by atoms with E-state index in [1.165, 1.54) is 19.2 Å². The minimum Gasteiger partial charge on any atom is -0.493 e. The molecule has 31 heavy (non-hydrogen) atoms. The van der Waals surface area contributed by atoms with Gasteiger partial charge in [-0.2, -0.15) is 0 Å². The first-order valence-electron chi connectivity index (χ1n) is 10.1. The molecule has 1 aliphatic carbocycles. The number of H-pyrrole nitrogens is 1. The average Bonchev–Trinajstić information content (AvgIpc) is 3.13. The average molecular weight is 422 g/mol. The number of halogens is 1. The Bertz CT molecular complexity index is 1200. The Hall–Kier alpha value is -3.61. The SMILES string of the molecule is CCNC(=O)COc1ccc(C=C2CCc3[nH]c4ccc(F)cc4c3C2=O)cc1OC. The zero-order chi connectivity index (χ0) is 22.0. The van der Waals surface area contributed by atoms with Gasteiger partial charge in [-0.05, 0) is 61.7 Å². The van der Waals surface area contributed by atoms with Gasteiger partial charge in [-0.25, -0.2) is 4.39 Å². The van der Waals surface area contributed by atoms with Crippen molar-refractivity contribution in [1.29, 1.82) is 0 Å². The van der Waals surface area contributed by atoms with Gasteiger partial charge in [0.25, 0.3) is 5.91 Å². The Morgan fingerprint density at radius 2 is 2.03 bits per heavy atom. The van der Waals surface area contributed by atoms with E-state index in [1.807, 2.05) is 13.0 Å². The highest BCUT2D eigenvalue weighted by atomic mass is 19.1. The number of aromatic amines is 1. The molecule has 1 aliphatic rings. The van der Waals surface area contributed by atoms with Crippen LogP contribution in [0.2, 0.25) is 0 Å². The fraction of sp³-hybridized carbons (Fsp3) is 0.250. The number of likely N-dealkylation sites (N-methyl/N-ethyl adjacent to an activating group) is 1. The summed E-state index contributed by atoms with van der Waals surface area (Å²) in [6, 6.07) is 9.72. The molecule has 0 saturated heterocycles. The number of hydrogen-bond donors (Lipinski definition) is 2. The molecule has 3 aromatic rings. The predicted molar refractivity (Wildman–Crippen MR) is 116 cm³/mol. The maximum absolute atomic E-state index is 13.7. The van der Waals surface area contributed by atoms with Crippen LogP contribution >= 0.6 is 0 Å². The smallest absolute Gasteiger partial charge is 0.257 e. The number of carbonyl (C=O) groups excluding carboxylic acids is 2. The highest BCUT2D eigenvalue weighted by Gasteiger charge is 2.26. The van der Waals surface area contributed by atoms with Crippen molar-refractivity contribution < 1.29 is 23.5 Å². The van der Waals surface area contributed by atoms with E-state index < -0.39 is 0 Å². The van der Waals surface area contributed by atoms with Crippen molar-refractivity contribution in [2.75, 3.05) is 20.3 Å². The van der Waals surface area contributed by atoms with Gasteiger partial charge < -0.3 is 19.8 Å². The Labute approximate surface area is 179 Å². The predicted octanol–water partition coefficient (Wildman–Crippen LogP) is 4.04. The molecule has 0 unspecified atom stereocenters. The zero-order valence-corrected chi connectivity index (χ0v) is 17.4. The van der Waals surface area contributed by atoms with Crippen molar-refractivity contribution in [3.63, 3.8) is 0 Å². The summed E-state index contributed by atoms with van der Waals surface area (Å²) in [6.45, 7) is 2.26. The van der Waals surface area contributed by atoms with Crippen LogP contribution in [0.25, 0.3) is 17.0 Å². The van der Waals surface area contributed by atoms with Crippen molar-refractivity contribution >= 4 is 28.7 Å². The third-order valence-corrected chi connectivity index (χ3v) is 5.26. The number of aryl methyl sites for hydroxylation is 1. The number of allylic oxidation sites excluding steroid dienone is 1. The van der Waals surface area contributed by atoms with Crippen molar-refractivity contribution in [3.05, 3.63) is 64.6 Å². The molecule has 0 radical (unpaired) electrons. The first-order valence-corrected chi connectivity index (χ1v) is 10.1. The van der Waals surface area contributed by atoms with E-state index in [2.05, 4.69) is 10.3 Å². The van der Waals surface area contributed by atoms with Gasteiger partial charge in [-0.3, -0.25) is 9.59 Å². The van der Waals surface area contributed by atoms with Gasteiger partial charge in [0.05, 0.1) is 12.7 Å². The number of hydrogen-bond acceptors (Lipinski definition) is 4. The summed E-state index contributed by atoms with van der Waals surface area (Å²) in [5, 5.41) is 3.28. The maximum Gasteiger partial charge on any atom is 0.257 e. The summed E-state index contributed by atoms with van der Waals surface area (Å²) in [4.78, 5) is 28.0. The monoisotopic (exact) mass is 422 g/mol. The number of ether oxygens (including phenoxy) is 2. The molecule has 2 aromatic carbocycles. The highest BCUT2D eigenvalue weighted by Crippen LogP contribution is 2.34. The number of methoxy groups -OCH3 is 1. The largest absolute Gasteiger partial charge is 0.493 e. The molecule has 6 nitrogen and oxygen atoms in total. The van der Waals surface area contributed by atoms with Gasteiger partial charge in [0.1, 0.15) is 5.82 Å². The van der Waals surface area contributed by atoms with Crippen molar-refractivity contribution in [2.24, 2.45) is 0 Å². The summed E-state index contributed by atoms with van der Waals surface area (Å²) in [5.41, 5.74) is 3.57.